The zero-order valence-electron chi connectivity index (χ0n) is 12.4. The van der Waals surface area contributed by atoms with E-state index < -0.39 is 0 Å². The quantitative estimate of drug-likeness (QED) is 0.926. The molecule has 0 bridgehead atoms. The van der Waals surface area contributed by atoms with Crippen LogP contribution in [0.15, 0.2) is 42.6 Å². The van der Waals surface area contributed by atoms with Crippen LogP contribution in [-0.2, 0) is 17.6 Å². The molecular weight excluding hydrogens is 298 g/mol. The Balaban J connectivity index is 0.00000176. The summed E-state index contributed by atoms with van der Waals surface area (Å²) in [5, 5.41) is 0. The molecule has 0 radical (unpaired) electrons. The van der Waals surface area contributed by atoms with E-state index in [1.807, 2.05) is 29.2 Å². The van der Waals surface area contributed by atoms with Gasteiger partial charge in [0.05, 0.1) is 18.3 Å². The molecule has 1 aliphatic heterocycles. The number of hydrogen-bond donors (Lipinski definition) is 1. The number of amides is 1. The van der Waals surface area contributed by atoms with E-state index in [9.17, 15) is 4.79 Å². The normalized spacial score (nSPS) is 13.7. The van der Waals surface area contributed by atoms with Crippen molar-refractivity contribution in [1.29, 1.82) is 0 Å². The number of benzene rings is 1. The van der Waals surface area contributed by atoms with Crippen molar-refractivity contribution < 1.29 is 4.79 Å². The van der Waals surface area contributed by atoms with Gasteiger partial charge in [-0.1, -0.05) is 18.2 Å². The van der Waals surface area contributed by atoms with Crippen LogP contribution in [0.2, 0.25) is 0 Å². The lowest BCUT2D eigenvalue weighted by molar-refractivity contribution is -0.118. The molecular formula is C17H20ClN3O. The van der Waals surface area contributed by atoms with Gasteiger partial charge in [0, 0.05) is 17.9 Å². The number of rotatable bonds is 2. The van der Waals surface area contributed by atoms with E-state index >= 15 is 0 Å². The number of nitrogens with zero attached hydrogens (tertiary/aromatic N) is 2. The summed E-state index contributed by atoms with van der Waals surface area (Å²) in [7, 11) is 0. The number of aryl methyl sites for hydroxylation is 1. The second-order valence-corrected chi connectivity index (χ2v) is 5.39. The zero-order valence-corrected chi connectivity index (χ0v) is 13.2. The van der Waals surface area contributed by atoms with Crippen LogP contribution in [0, 0.1) is 0 Å². The van der Waals surface area contributed by atoms with Gasteiger partial charge in [-0.2, -0.15) is 0 Å². The molecule has 5 heteroatoms. The molecule has 1 amide bonds. The van der Waals surface area contributed by atoms with E-state index in [0.717, 1.165) is 37.2 Å². The molecule has 116 valence electrons. The Morgan fingerprint density at radius 1 is 1.18 bits per heavy atom. The number of hydrogen-bond acceptors (Lipinski definition) is 3. The summed E-state index contributed by atoms with van der Waals surface area (Å²) < 4.78 is 0. The predicted molar refractivity (Wildman–Crippen MR) is 91.3 cm³/mol. The van der Waals surface area contributed by atoms with Gasteiger partial charge < -0.3 is 10.6 Å². The Kier molecular flexibility index (Phi) is 5.39. The van der Waals surface area contributed by atoms with Crippen molar-refractivity contribution >= 4 is 29.7 Å². The highest BCUT2D eigenvalue weighted by atomic mass is 35.5. The third-order valence-electron chi connectivity index (χ3n) is 3.84. The molecule has 0 saturated carbocycles. The maximum absolute atomic E-state index is 12.6. The molecule has 1 aromatic carbocycles. The second kappa shape index (κ2) is 7.27. The third kappa shape index (κ3) is 3.57. The molecule has 22 heavy (non-hydrogen) atoms. The maximum Gasteiger partial charge on any atom is 0.233 e. The Bertz CT molecular complexity index is 643. The summed E-state index contributed by atoms with van der Waals surface area (Å²) in [5.74, 6) is 0.0987. The van der Waals surface area contributed by atoms with Crippen molar-refractivity contribution in [2.24, 2.45) is 0 Å². The number of carbonyl (C=O) groups is 1. The average molecular weight is 318 g/mol. The van der Waals surface area contributed by atoms with E-state index in [4.69, 9.17) is 5.73 Å². The van der Waals surface area contributed by atoms with Gasteiger partial charge in [-0.3, -0.25) is 9.78 Å². The van der Waals surface area contributed by atoms with Gasteiger partial charge in [0.1, 0.15) is 0 Å². The molecule has 0 saturated heterocycles. The van der Waals surface area contributed by atoms with Gasteiger partial charge in [0.15, 0.2) is 0 Å². The highest BCUT2D eigenvalue weighted by Gasteiger charge is 2.21. The summed E-state index contributed by atoms with van der Waals surface area (Å²) in [6.45, 7) is 0.783. The summed E-state index contributed by atoms with van der Waals surface area (Å²) >= 11 is 0. The van der Waals surface area contributed by atoms with Gasteiger partial charge in [-0.15, -0.1) is 12.4 Å². The van der Waals surface area contributed by atoms with Gasteiger partial charge >= 0.3 is 0 Å². The van der Waals surface area contributed by atoms with Crippen molar-refractivity contribution in [2.75, 3.05) is 17.2 Å². The molecule has 0 spiro atoms. The van der Waals surface area contributed by atoms with Crippen molar-refractivity contribution in [3.05, 3.63) is 53.9 Å². The molecule has 0 fully saturated rings. The first-order chi connectivity index (χ1) is 10.2. The summed E-state index contributed by atoms with van der Waals surface area (Å²) in [6.07, 6.45) is 5.12. The fourth-order valence-electron chi connectivity index (χ4n) is 2.74. The van der Waals surface area contributed by atoms with E-state index in [2.05, 4.69) is 11.1 Å². The highest BCUT2D eigenvalue weighted by molar-refractivity contribution is 5.95. The number of nitrogens with two attached hydrogens (primary N) is 1. The van der Waals surface area contributed by atoms with Crippen molar-refractivity contribution in [3.63, 3.8) is 0 Å². The molecule has 2 N–H and O–H groups in total. The van der Waals surface area contributed by atoms with Crippen molar-refractivity contribution in [2.45, 2.75) is 25.7 Å². The Labute approximate surface area is 136 Å². The third-order valence-corrected chi connectivity index (χ3v) is 3.84. The molecule has 4 nitrogen and oxygen atoms in total. The molecule has 0 aliphatic carbocycles. The summed E-state index contributed by atoms with van der Waals surface area (Å²) in [6, 6.07) is 11.8. The zero-order chi connectivity index (χ0) is 14.7. The predicted octanol–water partition coefficient (Wildman–Crippen LogP) is 3.00. The molecule has 1 aromatic heterocycles. The van der Waals surface area contributed by atoms with E-state index in [1.165, 1.54) is 5.56 Å². The minimum Gasteiger partial charge on any atom is -0.397 e. The van der Waals surface area contributed by atoms with Crippen LogP contribution >= 0.6 is 12.4 Å². The number of aromatic nitrogens is 1. The van der Waals surface area contributed by atoms with Gasteiger partial charge in [-0.05, 0) is 43.0 Å². The highest BCUT2D eigenvalue weighted by Crippen LogP contribution is 2.26. The van der Waals surface area contributed by atoms with Gasteiger partial charge in [0.25, 0.3) is 0 Å². The number of para-hydroxylation sites is 1. The Hall–Kier alpha value is -2.07. The van der Waals surface area contributed by atoms with Crippen LogP contribution < -0.4 is 10.6 Å². The number of carbonyl (C=O) groups excluding carboxylic acids is 1. The van der Waals surface area contributed by atoms with Gasteiger partial charge in [0.2, 0.25) is 5.91 Å². The van der Waals surface area contributed by atoms with E-state index in [-0.39, 0.29) is 18.3 Å². The molecule has 2 aromatic rings. The van der Waals surface area contributed by atoms with Crippen molar-refractivity contribution in [1.82, 2.24) is 4.98 Å². The monoisotopic (exact) mass is 317 g/mol. The molecule has 1 aliphatic rings. The second-order valence-electron chi connectivity index (χ2n) is 5.39. The first-order valence-corrected chi connectivity index (χ1v) is 7.33. The van der Waals surface area contributed by atoms with Crippen LogP contribution in [0.4, 0.5) is 11.4 Å². The largest absolute Gasteiger partial charge is 0.397 e. The Morgan fingerprint density at radius 2 is 2.00 bits per heavy atom. The minimum absolute atomic E-state index is 0. The van der Waals surface area contributed by atoms with E-state index in [1.54, 1.807) is 12.3 Å². The number of fused-ring (bicyclic) bond motifs is 1. The number of pyridine rings is 1. The van der Waals surface area contributed by atoms with Crippen LogP contribution in [0.1, 0.15) is 24.1 Å². The lowest BCUT2D eigenvalue weighted by Crippen LogP contribution is -2.33. The van der Waals surface area contributed by atoms with Gasteiger partial charge in [-0.25, -0.2) is 0 Å². The maximum atomic E-state index is 12.6. The SMILES string of the molecule is Cl.Nc1ccc(CC(=O)N2CCCCc3ccccc32)nc1. The van der Waals surface area contributed by atoms with Crippen LogP contribution in [0.5, 0.6) is 0 Å². The lowest BCUT2D eigenvalue weighted by Gasteiger charge is -2.22. The van der Waals surface area contributed by atoms with Crippen LogP contribution in [-0.4, -0.2) is 17.4 Å². The van der Waals surface area contributed by atoms with Crippen LogP contribution in [0.25, 0.3) is 0 Å². The minimum atomic E-state index is 0. The molecule has 2 heterocycles. The summed E-state index contributed by atoms with van der Waals surface area (Å²) in [5.41, 5.74) is 9.31. The molecule has 0 atom stereocenters. The smallest absolute Gasteiger partial charge is 0.233 e. The number of halogens is 1. The topological polar surface area (TPSA) is 59.2 Å². The fourth-order valence-corrected chi connectivity index (χ4v) is 2.74. The first-order valence-electron chi connectivity index (χ1n) is 7.33. The molecule has 3 rings (SSSR count). The standard InChI is InChI=1S/C17H19N3O.ClH/c18-14-8-9-15(19-12-14)11-17(21)20-10-4-3-6-13-5-1-2-7-16(13)20;/h1-2,5,7-9,12H,3-4,6,10-11,18H2;1H. The average Bonchev–Trinajstić information content (AvgIpc) is 2.72. The Morgan fingerprint density at radius 3 is 2.77 bits per heavy atom. The number of anilines is 2. The lowest BCUT2D eigenvalue weighted by atomic mass is 10.1. The fraction of sp³-hybridized carbons (Fsp3) is 0.294. The summed E-state index contributed by atoms with van der Waals surface area (Å²) in [4.78, 5) is 18.7. The van der Waals surface area contributed by atoms with Crippen molar-refractivity contribution in [3.8, 4) is 0 Å². The van der Waals surface area contributed by atoms with E-state index in [0.29, 0.717) is 12.1 Å². The molecule has 0 unspecified atom stereocenters. The number of nitrogen functional groups attached to an aromatic ring is 1. The van der Waals surface area contributed by atoms with Crippen LogP contribution in [0.3, 0.4) is 0 Å². The first kappa shape index (κ1) is 16.3.